The summed E-state index contributed by atoms with van der Waals surface area (Å²) in [5, 5.41) is 0. The van der Waals surface area contributed by atoms with Gasteiger partial charge in [0.25, 0.3) is 0 Å². The summed E-state index contributed by atoms with van der Waals surface area (Å²) in [5.74, 6) is 1.43. The van der Waals surface area contributed by atoms with Crippen molar-refractivity contribution in [3.05, 3.63) is 5.92 Å². The molecule has 0 rings (SSSR count). The molecule has 0 N–H and O–H groups in total. The fourth-order valence-electron chi connectivity index (χ4n) is 4.06. The molecule has 0 saturated carbocycles. The summed E-state index contributed by atoms with van der Waals surface area (Å²) in [5.41, 5.74) is 0.384. The van der Waals surface area contributed by atoms with E-state index in [4.69, 9.17) is 13.3 Å². The second kappa shape index (κ2) is 18.1. The van der Waals surface area contributed by atoms with E-state index in [9.17, 15) is 0 Å². The van der Waals surface area contributed by atoms with Crippen LogP contribution in [0.5, 0.6) is 0 Å². The Hall–Kier alpha value is 0.0969. The van der Waals surface area contributed by atoms with Crippen LogP contribution in [-0.4, -0.2) is 30.1 Å². The maximum atomic E-state index is 5.74. The second-order valence-electron chi connectivity index (χ2n) is 8.36. The summed E-state index contributed by atoms with van der Waals surface area (Å²) < 4.78 is 17.2. The Morgan fingerprint density at radius 2 is 1.00 bits per heavy atom. The monoisotopic (exact) mass is 401 g/mol. The molecule has 4 heteroatoms. The molecule has 27 heavy (non-hydrogen) atoms. The fraction of sp³-hybridized carbons (Fsp3) is 0.957. The van der Waals surface area contributed by atoms with Crippen LogP contribution in [-0.2, 0) is 13.3 Å². The molecular formula is C23H49O3Si. The van der Waals surface area contributed by atoms with Crippen molar-refractivity contribution in [2.45, 2.75) is 123 Å². The lowest BCUT2D eigenvalue weighted by molar-refractivity contribution is 0.108. The highest BCUT2D eigenvalue weighted by Gasteiger charge is 2.46. The zero-order valence-electron chi connectivity index (χ0n) is 19.4. The van der Waals surface area contributed by atoms with E-state index in [2.05, 4.69) is 20.8 Å². The fourth-order valence-corrected chi connectivity index (χ4v) is 6.77. The predicted octanol–water partition coefficient (Wildman–Crippen LogP) is 7.72. The Morgan fingerprint density at radius 1 is 0.630 bits per heavy atom. The molecule has 0 bridgehead atoms. The molecule has 0 aliphatic rings. The zero-order chi connectivity index (χ0) is 20.4. The highest BCUT2D eigenvalue weighted by molar-refractivity contribution is 6.62. The van der Waals surface area contributed by atoms with Crippen molar-refractivity contribution < 1.29 is 13.3 Å². The van der Waals surface area contributed by atoms with Crippen LogP contribution in [0.2, 0.25) is 5.54 Å². The van der Waals surface area contributed by atoms with Gasteiger partial charge in [-0.3, -0.25) is 0 Å². The molecule has 3 nitrogen and oxygen atoms in total. The van der Waals surface area contributed by atoms with Crippen molar-refractivity contribution in [2.75, 3.05) is 21.3 Å². The number of rotatable bonds is 20. The van der Waals surface area contributed by atoms with Gasteiger partial charge in [-0.05, 0) is 18.8 Å². The third-order valence-corrected chi connectivity index (χ3v) is 8.86. The molecule has 0 fully saturated rings. The third-order valence-electron chi connectivity index (χ3n) is 5.66. The molecule has 0 aromatic heterocycles. The van der Waals surface area contributed by atoms with Crippen LogP contribution >= 0.6 is 0 Å². The van der Waals surface area contributed by atoms with Gasteiger partial charge < -0.3 is 13.3 Å². The van der Waals surface area contributed by atoms with Crippen molar-refractivity contribution in [2.24, 2.45) is 0 Å². The molecule has 0 aliphatic heterocycles. The highest BCUT2D eigenvalue weighted by atomic mass is 28.4. The van der Waals surface area contributed by atoms with Gasteiger partial charge in [0.15, 0.2) is 0 Å². The lowest BCUT2D eigenvalue weighted by Gasteiger charge is -2.33. The lowest BCUT2D eigenvalue weighted by Crippen LogP contribution is -2.48. The summed E-state index contributed by atoms with van der Waals surface area (Å²) in [4.78, 5) is 0. The first kappa shape index (κ1) is 27.1. The molecule has 0 aliphatic carbocycles. The molecular weight excluding hydrogens is 352 g/mol. The van der Waals surface area contributed by atoms with Gasteiger partial charge in [0.1, 0.15) is 0 Å². The average Bonchev–Trinajstić information content (AvgIpc) is 2.66. The van der Waals surface area contributed by atoms with Crippen LogP contribution in [0.4, 0.5) is 0 Å². The Kier molecular flexibility index (Phi) is 18.2. The van der Waals surface area contributed by atoms with Crippen molar-refractivity contribution in [3.8, 4) is 0 Å². The highest BCUT2D eigenvalue weighted by Crippen LogP contribution is 2.36. The standard InChI is InChI=1S/C23H49O3Si/c1-7-8-9-10-11-12-13-14-15-16-17-18-19-20-23(21-22(2)3)27(24-4,25-5)26-6/h23H,7-21H2,1-6H3. The van der Waals surface area contributed by atoms with Gasteiger partial charge >= 0.3 is 8.80 Å². The van der Waals surface area contributed by atoms with Crippen LogP contribution in [0.3, 0.4) is 0 Å². The summed E-state index contributed by atoms with van der Waals surface area (Å²) in [6.07, 6.45) is 20.3. The molecule has 1 radical (unpaired) electrons. The minimum atomic E-state index is -2.53. The third kappa shape index (κ3) is 13.0. The average molecular weight is 402 g/mol. The molecule has 1 atom stereocenters. The summed E-state index contributed by atoms with van der Waals surface area (Å²) in [7, 11) is 2.68. The van der Waals surface area contributed by atoms with Gasteiger partial charge in [-0.25, -0.2) is 0 Å². The predicted molar refractivity (Wildman–Crippen MR) is 120 cm³/mol. The van der Waals surface area contributed by atoms with E-state index >= 15 is 0 Å². The first-order valence-corrected chi connectivity index (χ1v) is 13.3. The van der Waals surface area contributed by atoms with Crippen molar-refractivity contribution in [3.63, 3.8) is 0 Å². The molecule has 0 heterocycles. The molecule has 0 amide bonds. The van der Waals surface area contributed by atoms with E-state index < -0.39 is 8.80 Å². The van der Waals surface area contributed by atoms with Gasteiger partial charge in [-0.1, -0.05) is 104 Å². The van der Waals surface area contributed by atoms with E-state index in [-0.39, 0.29) is 0 Å². The van der Waals surface area contributed by atoms with Crippen LogP contribution in [0.25, 0.3) is 0 Å². The van der Waals surface area contributed by atoms with E-state index in [1.165, 1.54) is 89.4 Å². The SMILES string of the molecule is CCCCCCCCCCCCCCCC(C[C](C)C)[Si](OC)(OC)OC. The minimum absolute atomic E-state index is 0.384. The Morgan fingerprint density at radius 3 is 1.33 bits per heavy atom. The topological polar surface area (TPSA) is 27.7 Å². The quantitative estimate of drug-likeness (QED) is 0.154. The normalized spacial score (nSPS) is 13.4. The molecule has 0 aromatic carbocycles. The number of hydrogen-bond acceptors (Lipinski definition) is 3. The van der Waals surface area contributed by atoms with Crippen LogP contribution in [0.1, 0.15) is 117 Å². The van der Waals surface area contributed by atoms with Crippen molar-refractivity contribution in [1.82, 2.24) is 0 Å². The van der Waals surface area contributed by atoms with Crippen LogP contribution in [0.15, 0.2) is 0 Å². The number of unbranched alkanes of at least 4 members (excludes halogenated alkanes) is 12. The minimum Gasteiger partial charge on any atom is -0.377 e. The Labute approximate surface area is 172 Å². The van der Waals surface area contributed by atoms with Gasteiger partial charge in [-0.15, -0.1) is 0 Å². The van der Waals surface area contributed by atoms with Gasteiger partial charge in [-0.2, -0.15) is 0 Å². The number of hydrogen-bond donors (Lipinski definition) is 0. The largest absolute Gasteiger partial charge is 0.503 e. The Balaban J connectivity index is 3.80. The van der Waals surface area contributed by atoms with Crippen molar-refractivity contribution in [1.29, 1.82) is 0 Å². The maximum absolute atomic E-state index is 5.74. The summed E-state index contributed by atoms with van der Waals surface area (Å²) in [6.45, 7) is 6.67. The van der Waals surface area contributed by atoms with E-state index in [0.29, 0.717) is 5.54 Å². The molecule has 0 spiro atoms. The first-order chi connectivity index (χ1) is 13.1. The molecule has 163 valence electrons. The summed E-state index contributed by atoms with van der Waals surface area (Å²) in [6, 6.07) is 0. The lowest BCUT2D eigenvalue weighted by atomic mass is 10.0. The van der Waals surface area contributed by atoms with Crippen LogP contribution < -0.4 is 0 Å². The van der Waals surface area contributed by atoms with Crippen molar-refractivity contribution >= 4 is 8.80 Å². The second-order valence-corrected chi connectivity index (χ2v) is 11.6. The van der Waals surface area contributed by atoms with E-state index in [1.54, 1.807) is 21.3 Å². The van der Waals surface area contributed by atoms with Gasteiger partial charge in [0.2, 0.25) is 0 Å². The smallest absolute Gasteiger partial charge is 0.377 e. The Bertz CT molecular complexity index is 298. The zero-order valence-corrected chi connectivity index (χ0v) is 20.4. The molecule has 1 unspecified atom stereocenters. The molecule has 0 aromatic rings. The van der Waals surface area contributed by atoms with Gasteiger partial charge in [0, 0.05) is 26.9 Å². The van der Waals surface area contributed by atoms with E-state index in [0.717, 1.165) is 12.8 Å². The van der Waals surface area contributed by atoms with E-state index in [1.807, 2.05) is 0 Å². The summed E-state index contributed by atoms with van der Waals surface area (Å²) >= 11 is 0. The first-order valence-electron chi connectivity index (χ1n) is 11.5. The maximum Gasteiger partial charge on any atom is 0.503 e. The molecule has 0 saturated heterocycles. The van der Waals surface area contributed by atoms with Crippen LogP contribution in [0, 0.1) is 5.92 Å². The van der Waals surface area contributed by atoms with Gasteiger partial charge in [0.05, 0.1) is 0 Å².